The van der Waals surface area contributed by atoms with Gasteiger partial charge in [0.15, 0.2) is 11.5 Å². The molecule has 2 heterocycles. The SMILES string of the molecule is CC1(c2ccc3c(c2)OCCO3)NC(=O)N(Cc2c(Cl)cccc2Cl)C1=O. The first kappa shape index (κ1) is 17.9. The van der Waals surface area contributed by atoms with E-state index in [1.807, 2.05) is 0 Å². The van der Waals surface area contributed by atoms with E-state index in [1.54, 1.807) is 43.3 Å². The van der Waals surface area contributed by atoms with Crippen molar-refractivity contribution in [2.24, 2.45) is 0 Å². The topological polar surface area (TPSA) is 67.9 Å². The molecule has 4 rings (SSSR count). The van der Waals surface area contributed by atoms with E-state index in [0.29, 0.717) is 45.9 Å². The highest BCUT2D eigenvalue weighted by Gasteiger charge is 2.49. The van der Waals surface area contributed by atoms with E-state index in [2.05, 4.69) is 5.32 Å². The molecule has 2 aromatic carbocycles. The highest BCUT2D eigenvalue weighted by atomic mass is 35.5. The summed E-state index contributed by atoms with van der Waals surface area (Å²) in [5, 5.41) is 3.57. The predicted octanol–water partition coefficient (Wildman–Crippen LogP) is 3.73. The molecule has 6 nitrogen and oxygen atoms in total. The lowest BCUT2D eigenvalue weighted by atomic mass is 9.91. The average molecular weight is 407 g/mol. The van der Waals surface area contributed by atoms with Crippen molar-refractivity contribution < 1.29 is 19.1 Å². The van der Waals surface area contributed by atoms with Gasteiger partial charge in [0.2, 0.25) is 0 Å². The molecule has 0 bridgehead atoms. The van der Waals surface area contributed by atoms with Crippen molar-refractivity contribution in [3.63, 3.8) is 0 Å². The van der Waals surface area contributed by atoms with Crippen LogP contribution in [-0.4, -0.2) is 30.1 Å². The first-order valence-electron chi connectivity index (χ1n) is 8.37. The zero-order valence-electron chi connectivity index (χ0n) is 14.4. The number of halogens is 2. The maximum Gasteiger partial charge on any atom is 0.325 e. The number of ether oxygens (including phenoxy) is 2. The van der Waals surface area contributed by atoms with E-state index in [-0.39, 0.29) is 12.5 Å². The molecule has 27 heavy (non-hydrogen) atoms. The van der Waals surface area contributed by atoms with Crippen LogP contribution in [0, 0.1) is 0 Å². The third-order valence-electron chi connectivity index (χ3n) is 4.77. The fraction of sp³-hybridized carbons (Fsp3) is 0.263. The predicted molar refractivity (Wildman–Crippen MR) is 100 cm³/mol. The largest absolute Gasteiger partial charge is 0.486 e. The standard InChI is InChI=1S/C19H16Cl2N2O4/c1-19(11-5-6-15-16(9-11)27-8-7-26-15)17(24)23(18(25)22-19)10-12-13(20)3-2-4-14(12)21/h2-6,9H,7-8,10H2,1H3,(H,22,25). The van der Waals surface area contributed by atoms with E-state index in [4.69, 9.17) is 32.7 Å². The number of hydrogen-bond donors (Lipinski definition) is 1. The second-order valence-electron chi connectivity index (χ2n) is 6.51. The highest BCUT2D eigenvalue weighted by Crippen LogP contribution is 2.37. The molecule has 140 valence electrons. The second-order valence-corrected chi connectivity index (χ2v) is 7.32. The fourth-order valence-electron chi connectivity index (χ4n) is 3.23. The minimum atomic E-state index is -1.22. The highest BCUT2D eigenvalue weighted by molar-refractivity contribution is 6.36. The third kappa shape index (κ3) is 2.99. The van der Waals surface area contributed by atoms with Gasteiger partial charge in [-0.15, -0.1) is 0 Å². The summed E-state index contributed by atoms with van der Waals surface area (Å²) in [6.45, 7) is 2.56. The zero-order chi connectivity index (χ0) is 19.2. The minimum Gasteiger partial charge on any atom is -0.486 e. The second kappa shape index (κ2) is 6.62. The summed E-state index contributed by atoms with van der Waals surface area (Å²) in [7, 11) is 0. The van der Waals surface area contributed by atoms with Gasteiger partial charge in [-0.25, -0.2) is 4.79 Å². The number of rotatable bonds is 3. The normalized spacial score (nSPS) is 21.4. The summed E-state index contributed by atoms with van der Waals surface area (Å²) < 4.78 is 11.1. The molecule has 3 amide bonds. The Labute approximate surface area is 165 Å². The van der Waals surface area contributed by atoms with Gasteiger partial charge in [0, 0.05) is 15.6 Å². The molecule has 1 N–H and O–H groups in total. The van der Waals surface area contributed by atoms with Gasteiger partial charge < -0.3 is 14.8 Å². The number of hydrogen-bond acceptors (Lipinski definition) is 4. The molecule has 1 fully saturated rings. The van der Waals surface area contributed by atoms with Crippen molar-refractivity contribution in [3.8, 4) is 11.5 Å². The van der Waals surface area contributed by atoms with Gasteiger partial charge in [0.05, 0.1) is 6.54 Å². The maximum atomic E-state index is 13.1. The smallest absolute Gasteiger partial charge is 0.325 e. The lowest BCUT2D eigenvalue weighted by Gasteiger charge is -2.25. The molecular formula is C19H16Cl2N2O4. The fourth-order valence-corrected chi connectivity index (χ4v) is 3.75. The van der Waals surface area contributed by atoms with Crippen molar-refractivity contribution >= 4 is 35.1 Å². The summed E-state index contributed by atoms with van der Waals surface area (Å²) in [4.78, 5) is 26.8. The monoisotopic (exact) mass is 406 g/mol. The van der Waals surface area contributed by atoms with Crippen LogP contribution in [0.4, 0.5) is 4.79 Å². The van der Waals surface area contributed by atoms with Crippen LogP contribution in [0.1, 0.15) is 18.1 Å². The molecule has 8 heteroatoms. The van der Waals surface area contributed by atoms with Gasteiger partial charge >= 0.3 is 6.03 Å². The molecule has 0 aliphatic carbocycles. The Balaban J connectivity index is 1.66. The molecule has 1 saturated heterocycles. The van der Waals surface area contributed by atoms with Crippen LogP contribution in [0.3, 0.4) is 0 Å². The van der Waals surface area contributed by atoms with E-state index >= 15 is 0 Å². The number of amides is 3. The summed E-state index contributed by atoms with van der Waals surface area (Å²) >= 11 is 12.4. The van der Waals surface area contributed by atoms with Crippen molar-refractivity contribution in [2.45, 2.75) is 19.0 Å². The van der Waals surface area contributed by atoms with Crippen LogP contribution in [-0.2, 0) is 16.9 Å². The van der Waals surface area contributed by atoms with Crippen LogP contribution in [0.15, 0.2) is 36.4 Å². The van der Waals surface area contributed by atoms with Crippen LogP contribution in [0.25, 0.3) is 0 Å². The molecule has 2 aliphatic rings. The summed E-state index contributed by atoms with van der Waals surface area (Å²) in [6.07, 6.45) is 0. The number of nitrogens with zero attached hydrogens (tertiary/aromatic N) is 1. The molecule has 0 radical (unpaired) electrons. The Morgan fingerprint density at radius 3 is 2.44 bits per heavy atom. The van der Waals surface area contributed by atoms with Crippen LogP contribution in [0.2, 0.25) is 10.0 Å². The lowest BCUT2D eigenvalue weighted by molar-refractivity contribution is -0.131. The number of carbonyl (C=O) groups excluding carboxylic acids is 2. The Morgan fingerprint density at radius 1 is 1.07 bits per heavy atom. The van der Waals surface area contributed by atoms with Gasteiger partial charge in [0.25, 0.3) is 5.91 Å². The quantitative estimate of drug-likeness (QED) is 0.788. The number of benzene rings is 2. The molecule has 1 unspecified atom stereocenters. The van der Waals surface area contributed by atoms with Gasteiger partial charge in [-0.05, 0) is 36.8 Å². The van der Waals surface area contributed by atoms with Crippen LogP contribution < -0.4 is 14.8 Å². The van der Waals surface area contributed by atoms with E-state index in [9.17, 15) is 9.59 Å². The summed E-state index contributed by atoms with van der Waals surface area (Å²) in [5.41, 5.74) is -0.0886. The summed E-state index contributed by atoms with van der Waals surface area (Å²) in [5.74, 6) is 0.778. The Morgan fingerprint density at radius 2 is 1.74 bits per heavy atom. The maximum absolute atomic E-state index is 13.1. The van der Waals surface area contributed by atoms with E-state index in [0.717, 1.165) is 4.90 Å². The molecule has 2 aliphatic heterocycles. The first-order valence-corrected chi connectivity index (χ1v) is 9.13. The van der Waals surface area contributed by atoms with Gasteiger partial charge in [-0.2, -0.15) is 0 Å². The Kier molecular flexibility index (Phi) is 4.40. The average Bonchev–Trinajstić information content (AvgIpc) is 2.88. The number of nitrogens with one attached hydrogen (secondary N) is 1. The van der Waals surface area contributed by atoms with Crippen molar-refractivity contribution in [1.29, 1.82) is 0 Å². The Hall–Kier alpha value is -2.44. The molecule has 0 spiro atoms. The number of imide groups is 1. The molecular weight excluding hydrogens is 391 g/mol. The molecule has 2 aromatic rings. The Bertz CT molecular complexity index is 929. The molecule has 0 aromatic heterocycles. The zero-order valence-corrected chi connectivity index (χ0v) is 15.9. The van der Waals surface area contributed by atoms with E-state index in [1.165, 1.54) is 0 Å². The molecule has 0 saturated carbocycles. The van der Waals surface area contributed by atoms with Gasteiger partial charge in [0.1, 0.15) is 18.8 Å². The number of fused-ring (bicyclic) bond motifs is 1. The number of urea groups is 1. The number of carbonyl (C=O) groups is 2. The minimum absolute atomic E-state index is 0.0106. The van der Waals surface area contributed by atoms with Crippen molar-refractivity contribution in [1.82, 2.24) is 10.2 Å². The van der Waals surface area contributed by atoms with Crippen molar-refractivity contribution in [2.75, 3.05) is 13.2 Å². The van der Waals surface area contributed by atoms with Crippen molar-refractivity contribution in [3.05, 3.63) is 57.6 Å². The van der Waals surface area contributed by atoms with Gasteiger partial charge in [-0.3, -0.25) is 9.69 Å². The lowest BCUT2D eigenvalue weighted by Crippen LogP contribution is -2.41. The van der Waals surface area contributed by atoms with E-state index < -0.39 is 11.6 Å². The summed E-state index contributed by atoms with van der Waals surface area (Å²) in [6, 6.07) is 9.74. The van der Waals surface area contributed by atoms with Gasteiger partial charge in [-0.1, -0.05) is 35.3 Å². The van der Waals surface area contributed by atoms with Crippen LogP contribution >= 0.6 is 23.2 Å². The third-order valence-corrected chi connectivity index (χ3v) is 5.48. The molecule has 1 atom stereocenters. The van der Waals surface area contributed by atoms with Crippen LogP contribution in [0.5, 0.6) is 11.5 Å². The first-order chi connectivity index (χ1) is 12.9.